The minimum atomic E-state index is -4.42. The molecule has 0 radical (unpaired) electrons. The highest BCUT2D eigenvalue weighted by molar-refractivity contribution is 7.99. The summed E-state index contributed by atoms with van der Waals surface area (Å²) >= 11 is 6.83. The zero-order chi connectivity index (χ0) is 17.0. The lowest BCUT2D eigenvalue weighted by Crippen LogP contribution is -2.34. The highest BCUT2D eigenvalue weighted by Gasteiger charge is 2.27. The van der Waals surface area contributed by atoms with Crippen LogP contribution < -0.4 is 5.32 Å². The average molecular weight is 365 g/mol. The summed E-state index contributed by atoms with van der Waals surface area (Å²) in [6.45, 7) is -1.35. The lowest BCUT2D eigenvalue weighted by molar-refractivity contribution is -0.136. The Labute approximate surface area is 139 Å². The number of rotatable bonds is 5. The van der Waals surface area contributed by atoms with Crippen LogP contribution in [0.1, 0.15) is 0 Å². The Morgan fingerprint density at radius 2 is 1.96 bits per heavy atom. The summed E-state index contributed by atoms with van der Waals surface area (Å²) in [6.07, 6.45) is -4.42. The Balaban J connectivity index is 1.97. The van der Waals surface area contributed by atoms with Crippen LogP contribution in [0, 0.1) is 0 Å². The minimum absolute atomic E-state index is 0.178. The van der Waals surface area contributed by atoms with Gasteiger partial charge in [-0.15, -0.1) is 10.2 Å². The van der Waals surface area contributed by atoms with Crippen molar-refractivity contribution in [3.8, 4) is 11.4 Å². The first-order valence-corrected chi connectivity index (χ1v) is 7.74. The first kappa shape index (κ1) is 17.6. The first-order chi connectivity index (χ1) is 10.8. The van der Waals surface area contributed by atoms with Gasteiger partial charge in [0.15, 0.2) is 11.0 Å². The highest BCUT2D eigenvalue weighted by Crippen LogP contribution is 2.23. The number of benzene rings is 1. The maximum Gasteiger partial charge on any atom is 0.405 e. The summed E-state index contributed by atoms with van der Waals surface area (Å²) < 4.78 is 37.7. The van der Waals surface area contributed by atoms with E-state index in [-0.39, 0.29) is 5.75 Å². The van der Waals surface area contributed by atoms with Gasteiger partial charge in [0.1, 0.15) is 6.54 Å². The van der Waals surface area contributed by atoms with E-state index < -0.39 is 18.6 Å². The van der Waals surface area contributed by atoms with Gasteiger partial charge in [0.25, 0.3) is 0 Å². The van der Waals surface area contributed by atoms with E-state index in [4.69, 9.17) is 11.6 Å². The van der Waals surface area contributed by atoms with Crippen molar-refractivity contribution in [3.63, 3.8) is 0 Å². The number of nitrogens with one attached hydrogen (secondary N) is 1. The van der Waals surface area contributed by atoms with Gasteiger partial charge in [-0.05, 0) is 24.3 Å². The Morgan fingerprint density at radius 3 is 2.57 bits per heavy atom. The second-order valence-electron chi connectivity index (χ2n) is 4.55. The Morgan fingerprint density at radius 1 is 1.30 bits per heavy atom. The Bertz CT molecular complexity index is 688. The number of aromatic nitrogens is 3. The van der Waals surface area contributed by atoms with Gasteiger partial charge >= 0.3 is 6.18 Å². The Kier molecular flexibility index (Phi) is 5.53. The Hall–Kier alpha value is -1.74. The lowest BCUT2D eigenvalue weighted by atomic mass is 10.2. The molecule has 0 atom stereocenters. The topological polar surface area (TPSA) is 59.8 Å². The number of carbonyl (C=O) groups is 1. The second kappa shape index (κ2) is 7.22. The van der Waals surface area contributed by atoms with Gasteiger partial charge in [-0.1, -0.05) is 23.4 Å². The molecular formula is C13H12ClF3N4OS. The predicted octanol–water partition coefficient (Wildman–Crippen LogP) is 2.91. The van der Waals surface area contributed by atoms with Gasteiger partial charge in [0.05, 0.1) is 5.75 Å². The highest BCUT2D eigenvalue weighted by atomic mass is 35.5. The van der Waals surface area contributed by atoms with E-state index in [2.05, 4.69) is 10.2 Å². The van der Waals surface area contributed by atoms with E-state index in [1.165, 1.54) is 0 Å². The number of hydrogen-bond donors (Lipinski definition) is 1. The van der Waals surface area contributed by atoms with E-state index in [0.29, 0.717) is 16.0 Å². The summed E-state index contributed by atoms with van der Waals surface area (Å²) in [6, 6.07) is 6.97. The van der Waals surface area contributed by atoms with E-state index in [0.717, 1.165) is 17.3 Å². The molecule has 2 aromatic rings. The van der Waals surface area contributed by atoms with Crippen molar-refractivity contribution in [2.24, 2.45) is 7.05 Å². The summed E-state index contributed by atoms with van der Waals surface area (Å²) in [5.41, 5.74) is 0.790. The van der Waals surface area contributed by atoms with Gasteiger partial charge in [-0.2, -0.15) is 13.2 Å². The van der Waals surface area contributed by atoms with Crippen molar-refractivity contribution < 1.29 is 18.0 Å². The SMILES string of the molecule is Cn1c(SCC(=O)NCC(F)(F)F)nnc1-c1ccc(Cl)cc1. The molecule has 1 aromatic carbocycles. The maximum absolute atomic E-state index is 12.0. The maximum atomic E-state index is 12.0. The van der Waals surface area contributed by atoms with Gasteiger partial charge in [0.2, 0.25) is 5.91 Å². The van der Waals surface area contributed by atoms with Crippen LogP contribution in [0.4, 0.5) is 13.2 Å². The molecule has 1 aromatic heterocycles. The van der Waals surface area contributed by atoms with Crippen molar-refractivity contribution in [3.05, 3.63) is 29.3 Å². The smallest absolute Gasteiger partial charge is 0.346 e. The fourth-order valence-electron chi connectivity index (χ4n) is 1.67. The standard InChI is InChI=1S/C13H12ClF3N4OS/c1-21-11(8-2-4-9(14)5-3-8)19-20-12(21)23-6-10(22)18-7-13(15,16)17/h2-5H,6-7H2,1H3,(H,18,22). The van der Waals surface area contributed by atoms with Gasteiger partial charge in [-0.3, -0.25) is 4.79 Å². The molecule has 0 aliphatic rings. The minimum Gasteiger partial charge on any atom is -0.346 e. The zero-order valence-corrected chi connectivity index (χ0v) is 13.5. The van der Waals surface area contributed by atoms with Crippen LogP contribution in [0.5, 0.6) is 0 Å². The van der Waals surface area contributed by atoms with Crippen LogP contribution in [-0.2, 0) is 11.8 Å². The van der Waals surface area contributed by atoms with Crippen molar-refractivity contribution in [1.29, 1.82) is 0 Å². The third-order valence-corrected chi connectivity index (χ3v) is 4.03. The van der Waals surface area contributed by atoms with Crippen LogP contribution in [0.3, 0.4) is 0 Å². The fraction of sp³-hybridized carbons (Fsp3) is 0.308. The van der Waals surface area contributed by atoms with Gasteiger partial charge in [-0.25, -0.2) is 0 Å². The number of carbonyl (C=O) groups excluding carboxylic acids is 1. The lowest BCUT2D eigenvalue weighted by Gasteiger charge is -2.08. The molecule has 0 saturated heterocycles. The van der Waals surface area contributed by atoms with E-state index in [9.17, 15) is 18.0 Å². The molecule has 5 nitrogen and oxygen atoms in total. The average Bonchev–Trinajstić information content (AvgIpc) is 2.84. The van der Waals surface area contributed by atoms with Crippen LogP contribution in [0.2, 0.25) is 5.02 Å². The summed E-state index contributed by atoms with van der Waals surface area (Å²) in [4.78, 5) is 11.4. The third-order valence-electron chi connectivity index (χ3n) is 2.76. The van der Waals surface area contributed by atoms with Crippen LogP contribution in [0.25, 0.3) is 11.4 Å². The number of amides is 1. The number of thioether (sulfide) groups is 1. The second-order valence-corrected chi connectivity index (χ2v) is 5.93. The molecule has 1 amide bonds. The first-order valence-electron chi connectivity index (χ1n) is 6.38. The monoisotopic (exact) mass is 364 g/mol. The molecule has 0 spiro atoms. The molecule has 10 heteroatoms. The molecule has 1 heterocycles. The number of nitrogens with zero attached hydrogens (tertiary/aromatic N) is 3. The molecule has 0 unspecified atom stereocenters. The normalized spacial score (nSPS) is 11.5. The van der Waals surface area contributed by atoms with Crippen LogP contribution >= 0.6 is 23.4 Å². The van der Waals surface area contributed by atoms with Crippen molar-refractivity contribution >= 4 is 29.3 Å². The van der Waals surface area contributed by atoms with Crippen LogP contribution in [0.15, 0.2) is 29.4 Å². The molecule has 0 bridgehead atoms. The number of halogens is 4. The molecular weight excluding hydrogens is 353 g/mol. The fourth-order valence-corrected chi connectivity index (χ4v) is 2.54. The molecule has 0 aliphatic heterocycles. The quantitative estimate of drug-likeness (QED) is 0.829. The van der Waals surface area contributed by atoms with Gasteiger partial charge in [0, 0.05) is 17.6 Å². The molecule has 2 rings (SSSR count). The van der Waals surface area contributed by atoms with Crippen molar-refractivity contribution in [2.45, 2.75) is 11.3 Å². The van der Waals surface area contributed by atoms with Crippen LogP contribution in [-0.4, -0.2) is 39.1 Å². The predicted molar refractivity (Wildman–Crippen MR) is 81.2 cm³/mol. The number of alkyl halides is 3. The molecule has 23 heavy (non-hydrogen) atoms. The zero-order valence-electron chi connectivity index (χ0n) is 11.9. The molecule has 0 saturated carbocycles. The summed E-state index contributed by atoms with van der Waals surface area (Å²) in [7, 11) is 1.71. The van der Waals surface area contributed by atoms with E-state index in [1.54, 1.807) is 41.2 Å². The van der Waals surface area contributed by atoms with Crippen molar-refractivity contribution in [1.82, 2.24) is 20.1 Å². The largest absolute Gasteiger partial charge is 0.405 e. The molecule has 1 N–H and O–H groups in total. The molecule has 0 aliphatic carbocycles. The summed E-state index contributed by atoms with van der Waals surface area (Å²) in [5, 5.41) is 10.8. The molecule has 124 valence electrons. The third kappa shape index (κ3) is 5.14. The summed E-state index contributed by atoms with van der Waals surface area (Å²) in [5.74, 6) is -0.328. The van der Waals surface area contributed by atoms with Gasteiger partial charge < -0.3 is 9.88 Å². The van der Waals surface area contributed by atoms with E-state index in [1.807, 2.05) is 0 Å². The number of hydrogen-bond acceptors (Lipinski definition) is 4. The van der Waals surface area contributed by atoms with Crippen molar-refractivity contribution in [2.75, 3.05) is 12.3 Å². The van der Waals surface area contributed by atoms with E-state index >= 15 is 0 Å². The molecule has 0 fully saturated rings.